The predicted molar refractivity (Wildman–Crippen MR) is 128 cm³/mol. The molecule has 3 rings (SSSR count). The molecule has 0 amide bonds. The van der Waals surface area contributed by atoms with Crippen molar-refractivity contribution in [3.05, 3.63) is 84.7 Å². The standard InChI is InChI=1S/C22H17Br2Cl2NO2/c1-2-28-19-7-5-18(6-8-19)27-12-15-9-16(23)10-20(24)22(15)29-13-14-3-4-17(25)11-21(14)26/h3-12H,2,13H2,1H3. The Balaban J connectivity index is 1.82. The van der Waals surface area contributed by atoms with Gasteiger partial charge >= 0.3 is 0 Å². The molecular formula is C22H17Br2Cl2NO2. The van der Waals surface area contributed by atoms with Crippen LogP contribution >= 0.6 is 55.1 Å². The molecule has 150 valence electrons. The van der Waals surface area contributed by atoms with Gasteiger partial charge < -0.3 is 9.47 Å². The molecule has 3 nitrogen and oxygen atoms in total. The molecule has 0 spiro atoms. The van der Waals surface area contributed by atoms with E-state index >= 15 is 0 Å². The fourth-order valence-corrected chi connectivity index (χ4v) is 4.39. The van der Waals surface area contributed by atoms with E-state index < -0.39 is 0 Å². The molecule has 0 heterocycles. The first-order chi connectivity index (χ1) is 14.0. The number of aliphatic imine (C=N–C) groups is 1. The number of ether oxygens (including phenoxy) is 2. The summed E-state index contributed by atoms with van der Waals surface area (Å²) >= 11 is 19.3. The number of hydrogen-bond acceptors (Lipinski definition) is 3. The van der Waals surface area contributed by atoms with Gasteiger partial charge in [0, 0.05) is 31.9 Å². The fraction of sp³-hybridized carbons (Fsp3) is 0.136. The molecule has 0 aromatic heterocycles. The minimum atomic E-state index is 0.306. The maximum absolute atomic E-state index is 6.26. The Morgan fingerprint density at radius 1 is 0.966 bits per heavy atom. The second kappa shape index (κ2) is 10.5. The highest BCUT2D eigenvalue weighted by Crippen LogP contribution is 2.34. The maximum atomic E-state index is 6.26. The molecule has 0 aliphatic carbocycles. The van der Waals surface area contributed by atoms with Crippen molar-refractivity contribution in [2.75, 3.05) is 6.61 Å². The summed E-state index contributed by atoms with van der Waals surface area (Å²) in [6.45, 7) is 2.89. The van der Waals surface area contributed by atoms with Gasteiger partial charge in [0.2, 0.25) is 0 Å². The van der Waals surface area contributed by atoms with Gasteiger partial charge in [-0.25, -0.2) is 0 Å². The largest absolute Gasteiger partial charge is 0.494 e. The van der Waals surface area contributed by atoms with E-state index in [1.165, 1.54) is 0 Å². The Labute approximate surface area is 196 Å². The summed E-state index contributed by atoms with van der Waals surface area (Å²) in [5.41, 5.74) is 2.49. The molecule has 3 aromatic carbocycles. The zero-order valence-corrected chi connectivity index (χ0v) is 20.1. The normalized spacial score (nSPS) is 11.1. The zero-order valence-electron chi connectivity index (χ0n) is 15.5. The third kappa shape index (κ3) is 6.22. The molecule has 0 fully saturated rings. The van der Waals surface area contributed by atoms with Gasteiger partial charge in [-0.05, 0) is 71.4 Å². The van der Waals surface area contributed by atoms with E-state index in [9.17, 15) is 0 Å². The van der Waals surface area contributed by atoms with Gasteiger partial charge in [0.25, 0.3) is 0 Å². The first-order valence-electron chi connectivity index (χ1n) is 8.79. The Kier molecular flexibility index (Phi) is 8.01. The summed E-state index contributed by atoms with van der Waals surface area (Å²) in [6, 6.07) is 16.8. The van der Waals surface area contributed by atoms with E-state index in [0.717, 1.165) is 31.5 Å². The van der Waals surface area contributed by atoms with Crippen LogP contribution in [0.5, 0.6) is 11.5 Å². The van der Waals surface area contributed by atoms with E-state index in [1.54, 1.807) is 18.3 Å². The van der Waals surface area contributed by atoms with E-state index in [0.29, 0.717) is 29.0 Å². The Morgan fingerprint density at radius 3 is 2.41 bits per heavy atom. The van der Waals surface area contributed by atoms with Crippen LogP contribution in [0.2, 0.25) is 10.0 Å². The molecule has 0 saturated heterocycles. The SMILES string of the molecule is CCOc1ccc(N=Cc2cc(Br)cc(Br)c2OCc2ccc(Cl)cc2Cl)cc1. The van der Waals surface area contributed by atoms with Crippen molar-refractivity contribution in [2.24, 2.45) is 4.99 Å². The molecule has 0 unspecified atom stereocenters. The molecule has 0 aliphatic heterocycles. The van der Waals surface area contributed by atoms with Gasteiger partial charge in [-0.3, -0.25) is 4.99 Å². The maximum Gasteiger partial charge on any atom is 0.142 e. The summed E-state index contributed by atoms with van der Waals surface area (Å²) in [5.74, 6) is 1.49. The van der Waals surface area contributed by atoms with Gasteiger partial charge in [0.15, 0.2) is 0 Å². The second-order valence-electron chi connectivity index (χ2n) is 6.02. The lowest BCUT2D eigenvalue weighted by atomic mass is 10.2. The highest BCUT2D eigenvalue weighted by Gasteiger charge is 2.11. The minimum Gasteiger partial charge on any atom is -0.494 e. The van der Waals surface area contributed by atoms with E-state index in [4.69, 9.17) is 32.7 Å². The number of benzene rings is 3. The smallest absolute Gasteiger partial charge is 0.142 e. The molecule has 0 saturated carbocycles. The quantitative estimate of drug-likeness (QED) is 0.274. The lowest BCUT2D eigenvalue weighted by molar-refractivity contribution is 0.304. The average Bonchev–Trinajstić information content (AvgIpc) is 2.68. The van der Waals surface area contributed by atoms with Crippen LogP contribution in [-0.4, -0.2) is 12.8 Å². The number of nitrogens with zero attached hydrogens (tertiary/aromatic N) is 1. The average molecular weight is 558 g/mol. The fourth-order valence-electron chi connectivity index (χ4n) is 2.56. The zero-order chi connectivity index (χ0) is 20.8. The Bertz CT molecular complexity index is 1020. The van der Waals surface area contributed by atoms with Crippen molar-refractivity contribution in [1.29, 1.82) is 0 Å². The summed E-state index contributed by atoms with van der Waals surface area (Å²) in [5, 5.41) is 1.15. The van der Waals surface area contributed by atoms with Crippen molar-refractivity contribution in [3.63, 3.8) is 0 Å². The number of rotatable bonds is 7. The van der Waals surface area contributed by atoms with Crippen molar-refractivity contribution < 1.29 is 9.47 Å². The molecule has 0 aliphatic rings. The first kappa shape index (κ1) is 22.2. The third-order valence-corrected chi connectivity index (χ3v) is 5.56. The molecular weight excluding hydrogens is 541 g/mol. The minimum absolute atomic E-state index is 0.306. The monoisotopic (exact) mass is 555 g/mol. The van der Waals surface area contributed by atoms with Gasteiger partial charge in [0.05, 0.1) is 16.8 Å². The van der Waals surface area contributed by atoms with Crippen molar-refractivity contribution in [2.45, 2.75) is 13.5 Å². The Hall–Kier alpha value is -1.53. The summed E-state index contributed by atoms with van der Waals surface area (Å²) in [4.78, 5) is 4.56. The molecule has 29 heavy (non-hydrogen) atoms. The van der Waals surface area contributed by atoms with Gasteiger partial charge in [-0.15, -0.1) is 0 Å². The topological polar surface area (TPSA) is 30.8 Å². The molecule has 3 aromatic rings. The summed E-state index contributed by atoms with van der Waals surface area (Å²) in [6.07, 6.45) is 1.77. The van der Waals surface area contributed by atoms with E-state index in [-0.39, 0.29) is 0 Å². The van der Waals surface area contributed by atoms with Crippen molar-refractivity contribution in [3.8, 4) is 11.5 Å². The van der Waals surface area contributed by atoms with Crippen LogP contribution in [0.1, 0.15) is 18.1 Å². The highest BCUT2D eigenvalue weighted by atomic mass is 79.9. The molecule has 0 atom stereocenters. The Morgan fingerprint density at radius 2 is 1.72 bits per heavy atom. The van der Waals surface area contributed by atoms with Crippen LogP contribution in [0.4, 0.5) is 5.69 Å². The molecule has 0 radical (unpaired) electrons. The van der Waals surface area contributed by atoms with Gasteiger partial charge in [0.1, 0.15) is 18.1 Å². The van der Waals surface area contributed by atoms with Crippen LogP contribution in [-0.2, 0) is 6.61 Å². The van der Waals surface area contributed by atoms with Crippen LogP contribution in [0.15, 0.2) is 68.5 Å². The van der Waals surface area contributed by atoms with E-state index in [1.807, 2.05) is 49.4 Å². The van der Waals surface area contributed by atoms with Gasteiger partial charge in [-0.2, -0.15) is 0 Å². The summed E-state index contributed by atoms with van der Waals surface area (Å²) < 4.78 is 13.2. The second-order valence-corrected chi connectivity index (χ2v) is 8.63. The number of hydrogen-bond donors (Lipinski definition) is 0. The highest BCUT2D eigenvalue weighted by molar-refractivity contribution is 9.11. The lowest BCUT2D eigenvalue weighted by Gasteiger charge is -2.13. The molecule has 0 N–H and O–H groups in total. The van der Waals surface area contributed by atoms with E-state index in [2.05, 4.69) is 36.9 Å². The molecule has 0 bridgehead atoms. The van der Waals surface area contributed by atoms with Crippen molar-refractivity contribution >= 4 is 67.0 Å². The lowest BCUT2D eigenvalue weighted by Crippen LogP contribution is -2.00. The summed E-state index contributed by atoms with van der Waals surface area (Å²) in [7, 11) is 0. The van der Waals surface area contributed by atoms with Crippen LogP contribution in [0.25, 0.3) is 0 Å². The van der Waals surface area contributed by atoms with Gasteiger partial charge in [-0.1, -0.05) is 45.2 Å². The first-order valence-corrected chi connectivity index (χ1v) is 11.1. The predicted octanol–water partition coefficient (Wildman–Crippen LogP) is 8.25. The third-order valence-electron chi connectivity index (χ3n) is 3.92. The van der Waals surface area contributed by atoms with Crippen LogP contribution < -0.4 is 9.47 Å². The van der Waals surface area contributed by atoms with Crippen LogP contribution in [0, 0.1) is 0 Å². The molecule has 7 heteroatoms. The van der Waals surface area contributed by atoms with Crippen molar-refractivity contribution in [1.82, 2.24) is 0 Å². The van der Waals surface area contributed by atoms with Crippen LogP contribution in [0.3, 0.4) is 0 Å². The number of halogens is 4.